The zero-order valence-corrected chi connectivity index (χ0v) is 11.2. The molecule has 0 atom stereocenters. The van der Waals surface area contributed by atoms with Crippen molar-refractivity contribution in [1.82, 2.24) is 5.32 Å². The van der Waals surface area contributed by atoms with E-state index in [1.807, 2.05) is 12.1 Å². The van der Waals surface area contributed by atoms with Gasteiger partial charge >= 0.3 is 0 Å². The Kier molecular flexibility index (Phi) is 4.89. The fourth-order valence-electron chi connectivity index (χ4n) is 1.60. The van der Waals surface area contributed by atoms with Gasteiger partial charge in [-0.3, -0.25) is 9.59 Å². The van der Waals surface area contributed by atoms with Gasteiger partial charge in [0.1, 0.15) is 5.75 Å². The lowest BCUT2D eigenvalue weighted by Gasteiger charge is -2.12. The number of methoxy groups -OCH3 is 1. The molecule has 0 fully saturated rings. The second-order valence-corrected chi connectivity index (χ2v) is 4.45. The summed E-state index contributed by atoms with van der Waals surface area (Å²) in [7, 11) is 1.53. The molecule has 4 heteroatoms. The highest BCUT2D eigenvalue weighted by Gasteiger charge is 2.14. The van der Waals surface area contributed by atoms with Crippen LogP contribution in [-0.2, 0) is 4.79 Å². The van der Waals surface area contributed by atoms with Crippen LogP contribution in [0.5, 0.6) is 5.75 Å². The fourth-order valence-corrected chi connectivity index (χ4v) is 1.60. The Hall–Kier alpha value is -1.84. The zero-order valence-electron chi connectivity index (χ0n) is 11.2. The van der Waals surface area contributed by atoms with Gasteiger partial charge < -0.3 is 10.1 Å². The average molecular weight is 249 g/mol. The first-order chi connectivity index (χ1) is 8.45. The third-order valence-corrected chi connectivity index (χ3v) is 2.69. The number of benzene rings is 1. The van der Waals surface area contributed by atoms with Gasteiger partial charge in [0.15, 0.2) is 5.78 Å². The largest absolute Gasteiger partial charge is 0.496 e. The van der Waals surface area contributed by atoms with Gasteiger partial charge in [0.25, 0.3) is 0 Å². The molecule has 0 bridgehead atoms. The Labute approximate surface area is 107 Å². The molecule has 4 nitrogen and oxygen atoms in total. The van der Waals surface area contributed by atoms with Crippen molar-refractivity contribution < 1.29 is 14.3 Å². The number of carbonyl (C=O) groups is 2. The van der Waals surface area contributed by atoms with E-state index >= 15 is 0 Å². The van der Waals surface area contributed by atoms with Gasteiger partial charge in [-0.2, -0.15) is 0 Å². The molecule has 1 aromatic rings. The van der Waals surface area contributed by atoms with E-state index in [0.717, 1.165) is 5.56 Å². The average Bonchev–Trinajstić information content (AvgIpc) is 2.34. The molecule has 0 unspecified atom stereocenters. The molecule has 0 aliphatic heterocycles. The molecule has 1 N–H and O–H groups in total. The number of hydrogen-bond acceptors (Lipinski definition) is 3. The molecule has 1 aromatic carbocycles. The number of hydrogen-bond donors (Lipinski definition) is 1. The molecule has 1 amide bonds. The first-order valence-corrected chi connectivity index (χ1v) is 5.91. The van der Waals surface area contributed by atoms with Crippen LogP contribution in [0.1, 0.15) is 42.6 Å². The lowest BCUT2D eigenvalue weighted by atomic mass is 9.98. The number of nitrogens with one attached hydrogen (secondary N) is 1. The Morgan fingerprint density at radius 1 is 1.33 bits per heavy atom. The summed E-state index contributed by atoms with van der Waals surface area (Å²) in [5.74, 6) is 0.504. The van der Waals surface area contributed by atoms with Gasteiger partial charge in [0.05, 0.1) is 19.2 Å². The quantitative estimate of drug-likeness (QED) is 0.813. The van der Waals surface area contributed by atoms with E-state index in [1.165, 1.54) is 14.0 Å². The van der Waals surface area contributed by atoms with Crippen LogP contribution in [-0.4, -0.2) is 25.3 Å². The summed E-state index contributed by atoms with van der Waals surface area (Å²) in [6, 6.07) is 5.56. The van der Waals surface area contributed by atoms with Crippen molar-refractivity contribution in [2.45, 2.75) is 26.7 Å². The van der Waals surface area contributed by atoms with Crippen LogP contribution in [0.2, 0.25) is 0 Å². The van der Waals surface area contributed by atoms with Gasteiger partial charge in [-0.1, -0.05) is 19.9 Å². The van der Waals surface area contributed by atoms with E-state index < -0.39 is 0 Å². The summed E-state index contributed by atoms with van der Waals surface area (Å²) >= 11 is 0. The molecule has 0 aromatic heterocycles. The number of carbonyl (C=O) groups excluding carboxylic acids is 2. The molecular weight excluding hydrogens is 230 g/mol. The van der Waals surface area contributed by atoms with Gasteiger partial charge in [0, 0.05) is 6.92 Å². The Bertz CT molecular complexity index is 452. The minimum Gasteiger partial charge on any atom is -0.496 e. The predicted octanol–water partition coefficient (Wildman–Crippen LogP) is 2.14. The lowest BCUT2D eigenvalue weighted by molar-refractivity contribution is -0.118. The molecule has 0 aliphatic rings. The summed E-state index contributed by atoms with van der Waals surface area (Å²) in [6.45, 7) is 5.50. The molecular formula is C14H19NO3. The Morgan fingerprint density at radius 2 is 2.00 bits per heavy atom. The van der Waals surface area contributed by atoms with Crippen molar-refractivity contribution in [2.24, 2.45) is 0 Å². The molecule has 0 saturated carbocycles. The van der Waals surface area contributed by atoms with E-state index in [1.54, 1.807) is 6.07 Å². The summed E-state index contributed by atoms with van der Waals surface area (Å²) in [4.78, 5) is 22.8. The highest BCUT2D eigenvalue weighted by molar-refractivity contribution is 6.01. The maximum atomic E-state index is 12.0. The zero-order chi connectivity index (χ0) is 13.7. The second-order valence-electron chi connectivity index (χ2n) is 4.45. The van der Waals surface area contributed by atoms with E-state index in [-0.39, 0.29) is 18.2 Å². The lowest BCUT2D eigenvalue weighted by Crippen LogP contribution is -2.27. The first-order valence-electron chi connectivity index (χ1n) is 5.91. The molecule has 0 radical (unpaired) electrons. The van der Waals surface area contributed by atoms with Gasteiger partial charge in [0.2, 0.25) is 5.91 Å². The van der Waals surface area contributed by atoms with Crippen LogP contribution >= 0.6 is 0 Å². The van der Waals surface area contributed by atoms with Crippen LogP contribution in [0.15, 0.2) is 18.2 Å². The standard InChI is InChI=1S/C14H19NO3/c1-9(2)11-5-6-14(18-4)12(7-11)13(17)8-15-10(3)16/h5-7,9H,8H2,1-4H3,(H,15,16). The normalized spacial score (nSPS) is 10.3. The highest BCUT2D eigenvalue weighted by Crippen LogP contribution is 2.24. The number of ether oxygens (including phenoxy) is 1. The maximum absolute atomic E-state index is 12.0. The van der Waals surface area contributed by atoms with Crippen molar-refractivity contribution in [3.8, 4) is 5.75 Å². The van der Waals surface area contributed by atoms with E-state index in [4.69, 9.17) is 4.74 Å². The fraction of sp³-hybridized carbons (Fsp3) is 0.429. The third-order valence-electron chi connectivity index (χ3n) is 2.69. The molecule has 0 heterocycles. The predicted molar refractivity (Wildman–Crippen MR) is 70.1 cm³/mol. The monoisotopic (exact) mass is 249 g/mol. The molecule has 0 aliphatic carbocycles. The third kappa shape index (κ3) is 3.58. The van der Waals surface area contributed by atoms with Crippen molar-refractivity contribution >= 4 is 11.7 Å². The SMILES string of the molecule is COc1ccc(C(C)C)cc1C(=O)CNC(C)=O. The van der Waals surface area contributed by atoms with Gasteiger partial charge in [-0.25, -0.2) is 0 Å². The summed E-state index contributed by atoms with van der Waals surface area (Å²) in [5, 5.41) is 2.50. The first kappa shape index (κ1) is 14.2. The topological polar surface area (TPSA) is 55.4 Å². The van der Waals surface area contributed by atoms with Crippen molar-refractivity contribution in [1.29, 1.82) is 0 Å². The van der Waals surface area contributed by atoms with Crippen LogP contribution in [0.4, 0.5) is 0 Å². The van der Waals surface area contributed by atoms with Gasteiger partial charge in [-0.05, 0) is 23.6 Å². The van der Waals surface area contributed by atoms with E-state index in [2.05, 4.69) is 19.2 Å². The van der Waals surface area contributed by atoms with Crippen LogP contribution in [0.3, 0.4) is 0 Å². The number of Topliss-reactive ketones (excluding diaryl/α,β-unsaturated/α-hetero) is 1. The molecule has 98 valence electrons. The Balaban J connectivity index is 3.00. The molecule has 0 saturated heterocycles. The van der Waals surface area contributed by atoms with Crippen molar-refractivity contribution in [2.75, 3.05) is 13.7 Å². The summed E-state index contributed by atoms with van der Waals surface area (Å²) < 4.78 is 5.17. The second kappa shape index (κ2) is 6.19. The van der Waals surface area contributed by atoms with Crippen molar-refractivity contribution in [3.05, 3.63) is 29.3 Å². The Morgan fingerprint density at radius 3 is 2.50 bits per heavy atom. The molecule has 18 heavy (non-hydrogen) atoms. The van der Waals surface area contributed by atoms with Crippen LogP contribution < -0.4 is 10.1 Å². The number of rotatable bonds is 5. The maximum Gasteiger partial charge on any atom is 0.217 e. The number of ketones is 1. The van der Waals surface area contributed by atoms with Crippen LogP contribution in [0, 0.1) is 0 Å². The summed E-state index contributed by atoms with van der Waals surface area (Å²) in [6.07, 6.45) is 0. The summed E-state index contributed by atoms with van der Waals surface area (Å²) in [5.41, 5.74) is 1.58. The van der Waals surface area contributed by atoms with Gasteiger partial charge in [-0.15, -0.1) is 0 Å². The minimum atomic E-state index is -0.220. The van der Waals surface area contributed by atoms with Crippen LogP contribution in [0.25, 0.3) is 0 Å². The van der Waals surface area contributed by atoms with E-state index in [0.29, 0.717) is 17.2 Å². The molecule has 0 spiro atoms. The molecule has 1 rings (SSSR count). The smallest absolute Gasteiger partial charge is 0.217 e. The number of amides is 1. The van der Waals surface area contributed by atoms with E-state index in [9.17, 15) is 9.59 Å². The minimum absolute atomic E-state index is 0.00670. The highest BCUT2D eigenvalue weighted by atomic mass is 16.5. The van der Waals surface area contributed by atoms with Crippen molar-refractivity contribution in [3.63, 3.8) is 0 Å².